The van der Waals surface area contributed by atoms with Crippen LogP contribution in [0.4, 0.5) is 11.4 Å². The molecule has 1 heterocycles. The Kier molecular flexibility index (Phi) is 5.58. The lowest BCUT2D eigenvalue weighted by molar-refractivity contribution is 0.102. The lowest BCUT2D eigenvalue weighted by Gasteiger charge is -2.20. The fourth-order valence-corrected chi connectivity index (χ4v) is 4.61. The summed E-state index contributed by atoms with van der Waals surface area (Å²) in [4.78, 5) is 12.6. The van der Waals surface area contributed by atoms with Crippen LogP contribution in [0, 0.1) is 0 Å². The lowest BCUT2D eigenvalue weighted by Crippen LogP contribution is -2.32. The van der Waals surface area contributed by atoms with Crippen LogP contribution in [0.5, 0.6) is 0 Å². The van der Waals surface area contributed by atoms with E-state index >= 15 is 0 Å². The number of nitrogens with one attached hydrogen (secondary N) is 1. The van der Waals surface area contributed by atoms with Gasteiger partial charge in [0, 0.05) is 30.0 Å². The van der Waals surface area contributed by atoms with Crippen LogP contribution in [0.1, 0.15) is 36.0 Å². The molecule has 0 bridgehead atoms. The van der Waals surface area contributed by atoms with Crippen LogP contribution >= 0.6 is 0 Å². The summed E-state index contributed by atoms with van der Waals surface area (Å²) in [5, 5.41) is 2.74. The van der Waals surface area contributed by atoms with Crippen molar-refractivity contribution in [1.82, 2.24) is 4.31 Å². The zero-order valence-corrected chi connectivity index (χ0v) is 15.3. The number of amides is 1. The Labute approximate surface area is 154 Å². The molecule has 7 heteroatoms. The Hall–Kier alpha value is -2.38. The van der Waals surface area contributed by atoms with E-state index < -0.39 is 10.0 Å². The van der Waals surface area contributed by atoms with Gasteiger partial charge in [-0.05, 0) is 49.2 Å². The predicted molar refractivity (Wildman–Crippen MR) is 102 cm³/mol. The molecule has 3 rings (SSSR count). The number of carbonyl (C=O) groups is 1. The number of sulfonamides is 1. The molecule has 1 aliphatic heterocycles. The normalized spacial score (nSPS) is 16.0. The zero-order valence-electron chi connectivity index (χ0n) is 14.5. The molecule has 0 radical (unpaired) electrons. The highest BCUT2D eigenvalue weighted by Crippen LogP contribution is 2.22. The standard InChI is InChI=1S/C19H23N3O3S/c20-16-8-6-9-17(14-16)21-19(23)15-7-5-10-18(13-15)26(24,25)22-11-3-1-2-4-12-22/h5-10,13-14H,1-4,11-12,20H2,(H,21,23). The summed E-state index contributed by atoms with van der Waals surface area (Å²) in [7, 11) is -3.59. The minimum Gasteiger partial charge on any atom is -0.399 e. The summed E-state index contributed by atoms with van der Waals surface area (Å²) in [6.45, 7) is 1.06. The van der Waals surface area contributed by atoms with Crippen molar-refractivity contribution < 1.29 is 13.2 Å². The summed E-state index contributed by atoms with van der Waals surface area (Å²) < 4.78 is 27.3. The third-order valence-electron chi connectivity index (χ3n) is 4.44. The molecule has 0 atom stereocenters. The Morgan fingerprint density at radius 1 is 0.962 bits per heavy atom. The number of hydrogen-bond acceptors (Lipinski definition) is 4. The van der Waals surface area contributed by atoms with E-state index in [9.17, 15) is 13.2 Å². The van der Waals surface area contributed by atoms with Gasteiger partial charge in [-0.25, -0.2) is 8.42 Å². The Morgan fingerprint density at radius 2 is 1.65 bits per heavy atom. The highest BCUT2D eigenvalue weighted by molar-refractivity contribution is 7.89. The average Bonchev–Trinajstić information content (AvgIpc) is 2.92. The van der Waals surface area contributed by atoms with E-state index in [1.807, 2.05) is 0 Å². The van der Waals surface area contributed by atoms with E-state index in [-0.39, 0.29) is 10.8 Å². The van der Waals surface area contributed by atoms with Crippen LogP contribution in [-0.4, -0.2) is 31.7 Å². The first-order valence-corrected chi connectivity index (χ1v) is 10.2. The molecule has 1 amide bonds. The maximum Gasteiger partial charge on any atom is 0.255 e. The van der Waals surface area contributed by atoms with Gasteiger partial charge in [-0.2, -0.15) is 4.31 Å². The van der Waals surface area contributed by atoms with E-state index in [4.69, 9.17) is 5.73 Å². The molecule has 6 nitrogen and oxygen atoms in total. The number of carbonyl (C=O) groups excluding carboxylic acids is 1. The summed E-state index contributed by atoms with van der Waals surface area (Å²) in [5.74, 6) is -0.372. The van der Waals surface area contributed by atoms with Crippen molar-refractivity contribution in [3.63, 3.8) is 0 Å². The highest BCUT2D eigenvalue weighted by Gasteiger charge is 2.25. The van der Waals surface area contributed by atoms with E-state index in [2.05, 4.69) is 5.32 Å². The number of rotatable bonds is 4. The number of hydrogen-bond donors (Lipinski definition) is 2. The van der Waals surface area contributed by atoms with E-state index in [1.54, 1.807) is 36.4 Å². The molecule has 0 aromatic heterocycles. The molecule has 0 saturated carbocycles. The smallest absolute Gasteiger partial charge is 0.255 e. The minimum atomic E-state index is -3.59. The van der Waals surface area contributed by atoms with Crippen LogP contribution in [0.15, 0.2) is 53.4 Å². The Bertz CT molecular complexity index is 888. The number of anilines is 2. The molecule has 0 spiro atoms. The molecule has 0 unspecified atom stereocenters. The minimum absolute atomic E-state index is 0.152. The SMILES string of the molecule is Nc1cccc(NC(=O)c2cccc(S(=O)(=O)N3CCCCCC3)c2)c1. The van der Waals surface area contributed by atoms with Crippen LogP contribution in [0.25, 0.3) is 0 Å². The summed E-state index contributed by atoms with van der Waals surface area (Å²) in [6, 6.07) is 13.0. The van der Waals surface area contributed by atoms with Crippen molar-refractivity contribution in [3.8, 4) is 0 Å². The zero-order chi connectivity index (χ0) is 18.6. The van der Waals surface area contributed by atoms with Crippen LogP contribution in [0.2, 0.25) is 0 Å². The Balaban J connectivity index is 1.82. The Morgan fingerprint density at radius 3 is 2.35 bits per heavy atom. The van der Waals surface area contributed by atoms with Crippen molar-refractivity contribution >= 4 is 27.3 Å². The fourth-order valence-electron chi connectivity index (χ4n) is 3.05. The number of nitrogen functional groups attached to an aromatic ring is 1. The van der Waals surface area contributed by atoms with Gasteiger partial charge >= 0.3 is 0 Å². The van der Waals surface area contributed by atoms with Crippen LogP contribution in [0.3, 0.4) is 0 Å². The second-order valence-electron chi connectivity index (χ2n) is 6.43. The molecule has 1 saturated heterocycles. The van der Waals surface area contributed by atoms with Crippen LogP contribution in [-0.2, 0) is 10.0 Å². The van der Waals surface area contributed by atoms with Gasteiger partial charge in [0.05, 0.1) is 4.90 Å². The van der Waals surface area contributed by atoms with Crippen molar-refractivity contribution in [3.05, 3.63) is 54.1 Å². The molecular formula is C19H23N3O3S. The van der Waals surface area contributed by atoms with Gasteiger partial charge in [0.25, 0.3) is 5.91 Å². The topological polar surface area (TPSA) is 92.5 Å². The first-order valence-electron chi connectivity index (χ1n) is 8.74. The fraction of sp³-hybridized carbons (Fsp3) is 0.316. The van der Waals surface area contributed by atoms with Crippen molar-refractivity contribution in [2.45, 2.75) is 30.6 Å². The van der Waals surface area contributed by atoms with E-state index in [0.29, 0.717) is 30.0 Å². The van der Waals surface area contributed by atoms with Gasteiger partial charge in [-0.15, -0.1) is 0 Å². The van der Waals surface area contributed by atoms with Crippen molar-refractivity contribution in [1.29, 1.82) is 0 Å². The summed E-state index contributed by atoms with van der Waals surface area (Å²) >= 11 is 0. The molecule has 1 aliphatic rings. The second-order valence-corrected chi connectivity index (χ2v) is 8.36. The summed E-state index contributed by atoms with van der Waals surface area (Å²) in [6.07, 6.45) is 3.84. The monoisotopic (exact) mass is 373 g/mol. The molecule has 2 aromatic rings. The third kappa shape index (κ3) is 4.23. The average molecular weight is 373 g/mol. The van der Waals surface area contributed by atoms with Crippen LogP contribution < -0.4 is 11.1 Å². The van der Waals surface area contributed by atoms with Crippen molar-refractivity contribution in [2.24, 2.45) is 0 Å². The number of nitrogens with zero attached hydrogens (tertiary/aromatic N) is 1. The first-order chi connectivity index (χ1) is 12.5. The predicted octanol–water partition coefficient (Wildman–Crippen LogP) is 3.09. The molecule has 0 aliphatic carbocycles. The van der Waals surface area contributed by atoms with Gasteiger partial charge < -0.3 is 11.1 Å². The molecule has 3 N–H and O–H groups in total. The lowest BCUT2D eigenvalue weighted by atomic mass is 10.2. The number of benzene rings is 2. The number of nitrogens with two attached hydrogens (primary N) is 1. The van der Waals surface area contributed by atoms with Gasteiger partial charge in [0.15, 0.2) is 0 Å². The van der Waals surface area contributed by atoms with Gasteiger partial charge in [0.2, 0.25) is 10.0 Å². The largest absolute Gasteiger partial charge is 0.399 e. The van der Waals surface area contributed by atoms with Gasteiger partial charge in [0.1, 0.15) is 0 Å². The third-order valence-corrected chi connectivity index (χ3v) is 6.34. The first kappa shape index (κ1) is 18.4. The molecular weight excluding hydrogens is 350 g/mol. The second kappa shape index (κ2) is 7.88. The summed E-state index contributed by atoms with van der Waals surface area (Å²) in [5.41, 5.74) is 7.12. The molecule has 138 valence electrons. The van der Waals surface area contributed by atoms with E-state index in [1.165, 1.54) is 16.4 Å². The van der Waals surface area contributed by atoms with E-state index in [0.717, 1.165) is 25.7 Å². The van der Waals surface area contributed by atoms with Gasteiger partial charge in [-0.3, -0.25) is 4.79 Å². The van der Waals surface area contributed by atoms with Crippen molar-refractivity contribution in [2.75, 3.05) is 24.1 Å². The molecule has 2 aromatic carbocycles. The maximum absolute atomic E-state index is 12.9. The van der Waals surface area contributed by atoms with Gasteiger partial charge in [-0.1, -0.05) is 25.0 Å². The highest BCUT2D eigenvalue weighted by atomic mass is 32.2. The maximum atomic E-state index is 12.9. The molecule has 26 heavy (non-hydrogen) atoms. The quantitative estimate of drug-likeness (QED) is 0.806. The molecule has 1 fully saturated rings.